The van der Waals surface area contributed by atoms with Gasteiger partial charge < -0.3 is 15.1 Å². The number of nitrogens with one attached hydrogen (secondary N) is 2. The zero-order chi connectivity index (χ0) is 12.7. The van der Waals surface area contributed by atoms with Crippen LogP contribution >= 0.6 is 15.9 Å². The molecule has 0 bridgehead atoms. The molecule has 0 spiro atoms. The summed E-state index contributed by atoms with van der Waals surface area (Å²) in [4.78, 5) is 11.5. The second-order valence-corrected chi connectivity index (χ2v) is 4.74. The maximum atomic E-state index is 11.5. The fraction of sp³-hybridized carbons (Fsp3) is 0.250. The molecular weight excluding hydrogens is 284 g/mol. The van der Waals surface area contributed by atoms with Crippen molar-refractivity contribution in [1.29, 1.82) is 0 Å². The predicted molar refractivity (Wildman–Crippen MR) is 70.5 cm³/mol. The van der Waals surface area contributed by atoms with Crippen molar-refractivity contribution in [3.05, 3.63) is 46.5 Å². The van der Waals surface area contributed by atoms with Crippen LogP contribution in [0.3, 0.4) is 0 Å². The zero-order valence-electron chi connectivity index (χ0n) is 9.79. The van der Waals surface area contributed by atoms with E-state index in [1.807, 2.05) is 26.0 Å². The number of furan rings is 1. The summed E-state index contributed by atoms with van der Waals surface area (Å²) in [6, 6.07) is 3.33. The summed E-state index contributed by atoms with van der Waals surface area (Å²) in [5.41, 5.74) is 0.765. The molecule has 0 atom stereocenters. The van der Waals surface area contributed by atoms with Gasteiger partial charge in [-0.2, -0.15) is 0 Å². The summed E-state index contributed by atoms with van der Waals surface area (Å²) >= 11 is 3.30. The normalized spacial score (nSPS) is 12.4. The Morgan fingerprint density at radius 3 is 2.82 bits per heavy atom. The molecule has 1 aromatic heterocycles. The third kappa shape index (κ3) is 5.97. The van der Waals surface area contributed by atoms with Gasteiger partial charge >= 0.3 is 6.03 Å². The van der Waals surface area contributed by atoms with E-state index >= 15 is 0 Å². The first-order chi connectivity index (χ1) is 8.08. The molecule has 1 rings (SSSR count). The summed E-state index contributed by atoms with van der Waals surface area (Å²) in [5.74, 6) is 0.720. The Labute approximate surface area is 109 Å². The highest BCUT2D eigenvalue weighted by Gasteiger charge is 2.01. The SMILES string of the molecule is C/C(Br)=C\C=C(/C)NC(=O)NCc1ccco1. The van der Waals surface area contributed by atoms with Crippen molar-refractivity contribution in [2.24, 2.45) is 0 Å². The number of carbonyl (C=O) groups excluding carboxylic acids is 1. The van der Waals surface area contributed by atoms with Crippen molar-refractivity contribution in [2.45, 2.75) is 20.4 Å². The van der Waals surface area contributed by atoms with E-state index in [9.17, 15) is 4.79 Å². The summed E-state index contributed by atoms with van der Waals surface area (Å²) in [6.45, 7) is 4.11. The van der Waals surface area contributed by atoms with Crippen molar-refractivity contribution in [3.63, 3.8) is 0 Å². The van der Waals surface area contributed by atoms with Gasteiger partial charge in [0.15, 0.2) is 0 Å². The van der Waals surface area contributed by atoms with E-state index in [2.05, 4.69) is 26.6 Å². The van der Waals surface area contributed by atoms with Crippen LogP contribution in [0.1, 0.15) is 19.6 Å². The Kier molecular flexibility index (Phi) is 5.56. The Hall–Kier alpha value is -1.49. The molecule has 0 aromatic carbocycles. The number of hydrogen-bond acceptors (Lipinski definition) is 2. The van der Waals surface area contributed by atoms with Crippen LogP contribution in [0.2, 0.25) is 0 Å². The number of hydrogen-bond donors (Lipinski definition) is 2. The molecule has 1 heterocycles. The minimum Gasteiger partial charge on any atom is -0.467 e. The molecular formula is C12H15BrN2O2. The van der Waals surface area contributed by atoms with Gasteiger partial charge in [-0.15, -0.1) is 0 Å². The third-order valence-corrected chi connectivity index (χ3v) is 2.14. The van der Waals surface area contributed by atoms with Crippen LogP contribution in [0.25, 0.3) is 0 Å². The largest absolute Gasteiger partial charge is 0.467 e. The quantitative estimate of drug-likeness (QED) is 0.838. The number of carbonyl (C=O) groups is 1. The molecule has 5 heteroatoms. The highest BCUT2D eigenvalue weighted by atomic mass is 79.9. The number of urea groups is 1. The summed E-state index contributed by atoms with van der Waals surface area (Å²) < 4.78 is 6.09. The minimum absolute atomic E-state index is 0.254. The standard InChI is InChI=1S/C12H15BrN2O2/c1-9(13)5-6-10(2)15-12(16)14-8-11-4-3-7-17-11/h3-7H,8H2,1-2H3,(H2,14,15,16)/b9-5+,10-6+. The maximum absolute atomic E-state index is 11.5. The molecule has 92 valence electrons. The minimum atomic E-state index is -0.254. The Balaban J connectivity index is 2.34. The van der Waals surface area contributed by atoms with Gasteiger partial charge in [-0.25, -0.2) is 4.79 Å². The van der Waals surface area contributed by atoms with Gasteiger partial charge in [-0.05, 0) is 36.5 Å². The Morgan fingerprint density at radius 2 is 2.24 bits per heavy atom. The number of amides is 2. The number of rotatable bonds is 4. The van der Waals surface area contributed by atoms with Crippen LogP contribution in [0.4, 0.5) is 4.79 Å². The second-order valence-electron chi connectivity index (χ2n) is 3.49. The van der Waals surface area contributed by atoms with Crippen molar-refractivity contribution < 1.29 is 9.21 Å². The van der Waals surface area contributed by atoms with Crippen LogP contribution in [0, 0.1) is 0 Å². The summed E-state index contributed by atoms with van der Waals surface area (Å²) in [6.07, 6.45) is 5.25. The van der Waals surface area contributed by atoms with Crippen LogP contribution in [0.5, 0.6) is 0 Å². The lowest BCUT2D eigenvalue weighted by atomic mass is 10.4. The first kappa shape index (κ1) is 13.6. The van der Waals surface area contributed by atoms with Crippen LogP contribution < -0.4 is 10.6 Å². The molecule has 0 aliphatic rings. The molecule has 2 N–H and O–H groups in total. The fourth-order valence-electron chi connectivity index (χ4n) is 1.09. The average molecular weight is 299 g/mol. The molecule has 0 saturated heterocycles. The van der Waals surface area contributed by atoms with Crippen LogP contribution in [0.15, 0.2) is 45.1 Å². The molecule has 0 radical (unpaired) electrons. The second kappa shape index (κ2) is 6.96. The van der Waals surface area contributed by atoms with Crippen LogP contribution in [-0.2, 0) is 6.54 Å². The highest BCUT2D eigenvalue weighted by Crippen LogP contribution is 2.02. The van der Waals surface area contributed by atoms with E-state index in [4.69, 9.17) is 4.42 Å². The topological polar surface area (TPSA) is 54.3 Å². The van der Waals surface area contributed by atoms with Crippen molar-refractivity contribution >= 4 is 22.0 Å². The highest BCUT2D eigenvalue weighted by molar-refractivity contribution is 9.11. The van der Waals surface area contributed by atoms with E-state index in [1.54, 1.807) is 18.4 Å². The van der Waals surface area contributed by atoms with E-state index in [1.165, 1.54) is 0 Å². The van der Waals surface area contributed by atoms with Gasteiger partial charge in [0, 0.05) is 5.70 Å². The molecule has 0 aliphatic carbocycles. The van der Waals surface area contributed by atoms with Crippen LogP contribution in [-0.4, -0.2) is 6.03 Å². The molecule has 0 aliphatic heterocycles. The lowest BCUT2D eigenvalue weighted by Gasteiger charge is -2.05. The van der Waals surface area contributed by atoms with E-state index in [0.717, 1.165) is 15.9 Å². The van der Waals surface area contributed by atoms with E-state index in [0.29, 0.717) is 6.54 Å². The zero-order valence-corrected chi connectivity index (χ0v) is 11.4. The van der Waals surface area contributed by atoms with Gasteiger partial charge in [-0.3, -0.25) is 0 Å². The monoisotopic (exact) mass is 298 g/mol. The molecule has 0 unspecified atom stereocenters. The maximum Gasteiger partial charge on any atom is 0.319 e. The molecule has 0 saturated carbocycles. The molecule has 2 amide bonds. The van der Waals surface area contributed by atoms with Crippen molar-refractivity contribution in [3.8, 4) is 0 Å². The van der Waals surface area contributed by atoms with E-state index in [-0.39, 0.29) is 6.03 Å². The third-order valence-electron chi connectivity index (χ3n) is 1.88. The van der Waals surface area contributed by atoms with Gasteiger partial charge in [0.2, 0.25) is 0 Å². The van der Waals surface area contributed by atoms with Gasteiger partial charge in [0.1, 0.15) is 5.76 Å². The Morgan fingerprint density at radius 1 is 1.47 bits per heavy atom. The molecule has 1 aromatic rings. The first-order valence-corrected chi connectivity index (χ1v) is 5.95. The summed E-state index contributed by atoms with van der Waals surface area (Å²) in [7, 11) is 0. The van der Waals surface area contributed by atoms with E-state index < -0.39 is 0 Å². The van der Waals surface area contributed by atoms with Crippen molar-refractivity contribution in [1.82, 2.24) is 10.6 Å². The lowest BCUT2D eigenvalue weighted by Crippen LogP contribution is -2.33. The van der Waals surface area contributed by atoms with Crippen molar-refractivity contribution in [2.75, 3.05) is 0 Å². The number of halogens is 1. The molecule has 4 nitrogen and oxygen atoms in total. The molecule has 0 fully saturated rings. The smallest absolute Gasteiger partial charge is 0.319 e. The molecule has 17 heavy (non-hydrogen) atoms. The van der Waals surface area contributed by atoms with Gasteiger partial charge in [-0.1, -0.05) is 22.0 Å². The first-order valence-electron chi connectivity index (χ1n) is 5.16. The van der Waals surface area contributed by atoms with Gasteiger partial charge in [0.05, 0.1) is 12.8 Å². The fourth-order valence-corrected chi connectivity index (χ4v) is 1.22. The predicted octanol–water partition coefficient (Wildman–Crippen LogP) is 3.28. The summed E-state index contributed by atoms with van der Waals surface area (Å²) in [5, 5.41) is 5.39. The van der Waals surface area contributed by atoms with Gasteiger partial charge in [0.25, 0.3) is 0 Å². The lowest BCUT2D eigenvalue weighted by molar-refractivity contribution is 0.242. The number of allylic oxidation sites excluding steroid dienone is 4. The average Bonchev–Trinajstić information content (AvgIpc) is 2.76. The Bertz CT molecular complexity index is 418.